The SMILES string of the molecule is COc1cccc([C@H]2C3=C(C[C@H](c4ccc(Cl)cc4)CC3=O)N=C(C)C2C(=O)OCCOc2ccccc2)c1. The number of nitrogens with zero attached hydrogens (tertiary/aromatic N) is 1. The smallest absolute Gasteiger partial charge is 0.315 e. The highest BCUT2D eigenvalue weighted by Gasteiger charge is 2.44. The van der Waals surface area contributed by atoms with Crippen molar-refractivity contribution < 1.29 is 23.8 Å². The molecular formula is C32H30ClNO5. The van der Waals surface area contributed by atoms with Crippen molar-refractivity contribution in [3.8, 4) is 11.5 Å². The summed E-state index contributed by atoms with van der Waals surface area (Å²) in [5.41, 5.74) is 3.80. The van der Waals surface area contributed by atoms with Crippen molar-refractivity contribution in [2.45, 2.75) is 31.6 Å². The van der Waals surface area contributed by atoms with Gasteiger partial charge in [0.1, 0.15) is 30.6 Å². The molecule has 6 nitrogen and oxygen atoms in total. The Kier molecular flexibility index (Phi) is 8.13. The van der Waals surface area contributed by atoms with Gasteiger partial charge < -0.3 is 14.2 Å². The predicted molar refractivity (Wildman–Crippen MR) is 151 cm³/mol. The first-order chi connectivity index (χ1) is 18.9. The molecule has 1 unspecified atom stereocenters. The Bertz CT molecular complexity index is 1410. The lowest BCUT2D eigenvalue weighted by atomic mass is 9.69. The zero-order valence-corrected chi connectivity index (χ0v) is 22.7. The van der Waals surface area contributed by atoms with Gasteiger partial charge in [0.2, 0.25) is 0 Å². The van der Waals surface area contributed by atoms with Gasteiger partial charge in [-0.25, -0.2) is 0 Å². The molecule has 39 heavy (non-hydrogen) atoms. The molecule has 200 valence electrons. The van der Waals surface area contributed by atoms with E-state index in [-0.39, 0.29) is 24.9 Å². The van der Waals surface area contributed by atoms with E-state index in [1.807, 2.05) is 85.8 Å². The van der Waals surface area contributed by atoms with Crippen LogP contribution in [0.2, 0.25) is 5.02 Å². The summed E-state index contributed by atoms with van der Waals surface area (Å²) in [4.78, 5) is 32.1. The van der Waals surface area contributed by atoms with Crippen LogP contribution in [0.4, 0.5) is 0 Å². The van der Waals surface area contributed by atoms with Gasteiger partial charge >= 0.3 is 5.97 Å². The summed E-state index contributed by atoms with van der Waals surface area (Å²) in [6.45, 7) is 2.14. The van der Waals surface area contributed by atoms with E-state index >= 15 is 0 Å². The summed E-state index contributed by atoms with van der Waals surface area (Å²) in [5.74, 6) is -0.339. The minimum absolute atomic E-state index is 0.00494. The monoisotopic (exact) mass is 543 g/mol. The Morgan fingerprint density at radius 1 is 0.923 bits per heavy atom. The lowest BCUT2D eigenvalue weighted by Gasteiger charge is -2.36. The minimum atomic E-state index is -0.733. The number of para-hydroxylation sites is 1. The van der Waals surface area contributed by atoms with Gasteiger partial charge in [-0.3, -0.25) is 14.6 Å². The van der Waals surface area contributed by atoms with E-state index in [2.05, 4.69) is 0 Å². The van der Waals surface area contributed by atoms with Crippen molar-refractivity contribution in [2.24, 2.45) is 10.9 Å². The highest BCUT2D eigenvalue weighted by molar-refractivity contribution is 6.30. The van der Waals surface area contributed by atoms with Gasteiger partial charge in [-0.15, -0.1) is 0 Å². The second-order valence-corrected chi connectivity index (χ2v) is 10.2. The molecule has 0 fully saturated rings. The number of benzene rings is 3. The van der Waals surface area contributed by atoms with Crippen LogP contribution >= 0.6 is 11.6 Å². The fraction of sp³-hybridized carbons (Fsp3) is 0.281. The molecule has 0 amide bonds. The number of ketones is 1. The number of rotatable bonds is 8. The average Bonchev–Trinajstić information content (AvgIpc) is 2.95. The number of halogens is 1. The Labute approximate surface area is 233 Å². The zero-order valence-electron chi connectivity index (χ0n) is 21.9. The van der Waals surface area contributed by atoms with Crippen LogP contribution in [0.3, 0.4) is 0 Å². The molecule has 5 rings (SSSR count). The number of hydrogen-bond donors (Lipinski definition) is 0. The highest BCUT2D eigenvalue weighted by Crippen LogP contribution is 2.47. The van der Waals surface area contributed by atoms with Crippen LogP contribution < -0.4 is 9.47 Å². The number of carbonyl (C=O) groups excluding carboxylic acids is 2. The first-order valence-corrected chi connectivity index (χ1v) is 13.4. The van der Waals surface area contributed by atoms with E-state index in [0.29, 0.717) is 40.6 Å². The summed E-state index contributed by atoms with van der Waals surface area (Å²) in [7, 11) is 1.60. The molecule has 3 aromatic carbocycles. The molecular weight excluding hydrogens is 514 g/mol. The lowest BCUT2D eigenvalue weighted by molar-refractivity contribution is -0.147. The number of aliphatic imine (C=N–C) groups is 1. The van der Waals surface area contributed by atoms with Crippen LogP contribution in [0, 0.1) is 5.92 Å². The van der Waals surface area contributed by atoms with Crippen LogP contribution in [-0.2, 0) is 14.3 Å². The lowest BCUT2D eigenvalue weighted by Crippen LogP contribution is -2.38. The second kappa shape index (κ2) is 11.9. The van der Waals surface area contributed by atoms with Crippen molar-refractivity contribution in [3.63, 3.8) is 0 Å². The second-order valence-electron chi connectivity index (χ2n) is 9.75. The molecule has 1 heterocycles. The molecule has 0 saturated heterocycles. The Morgan fingerprint density at radius 2 is 1.67 bits per heavy atom. The van der Waals surface area contributed by atoms with Crippen molar-refractivity contribution in [1.29, 1.82) is 0 Å². The van der Waals surface area contributed by atoms with Gasteiger partial charge in [-0.05, 0) is 66.8 Å². The molecule has 0 radical (unpaired) electrons. The van der Waals surface area contributed by atoms with Gasteiger partial charge in [-0.1, -0.05) is 54.1 Å². The maximum atomic E-state index is 13.8. The van der Waals surface area contributed by atoms with Crippen LogP contribution in [0.15, 0.2) is 95.1 Å². The summed E-state index contributed by atoms with van der Waals surface area (Å²) in [6, 6.07) is 24.5. The number of hydrogen-bond acceptors (Lipinski definition) is 6. The number of carbonyl (C=O) groups is 2. The molecule has 2 aliphatic rings. The highest BCUT2D eigenvalue weighted by atomic mass is 35.5. The number of esters is 1. The Morgan fingerprint density at radius 3 is 2.41 bits per heavy atom. The molecule has 0 aromatic heterocycles. The van der Waals surface area contributed by atoms with Gasteiger partial charge in [0.15, 0.2) is 5.78 Å². The molecule has 0 spiro atoms. The van der Waals surface area contributed by atoms with Gasteiger partial charge in [0.05, 0.1) is 7.11 Å². The third-order valence-electron chi connectivity index (χ3n) is 7.28. The molecule has 0 saturated carbocycles. The molecule has 7 heteroatoms. The summed E-state index contributed by atoms with van der Waals surface area (Å²) in [6.07, 6.45) is 0.940. The number of Topliss-reactive ketones (excluding diaryl/α,β-unsaturated/α-hetero) is 1. The van der Waals surface area contributed by atoms with E-state index in [1.165, 1.54) is 0 Å². The summed E-state index contributed by atoms with van der Waals surface area (Å²) < 4.78 is 16.8. The summed E-state index contributed by atoms with van der Waals surface area (Å²) in [5, 5.41) is 0.654. The Hall–Kier alpha value is -3.90. The predicted octanol–water partition coefficient (Wildman–Crippen LogP) is 6.55. The quantitative estimate of drug-likeness (QED) is 0.238. The molecule has 3 atom stereocenters. The van der Waals surface area contributed by atoms with E-state index < -0.39 is 17.8 Å². The fourth-order valence-corrected chi connectivity index (χ4v) is 5.56. The number of allylic oxidation sites excluding steroid dienone is 2. The Balaban J connectivity index is 1.43. The zero-order chi connectivity index (χ0) is 27.4. The van der Waals surface area contributed by atoms with E-state index in [0.717, 1.165) is 16.8 Å². The fourth-order valence-electron chi connectivity index (χ4n) is 5.44. The van der Waals surface area contributed by atoms with Crippen molar-refractivity contribution in [1.82, 2.24) is 0 Å². The number of methoxy groups -OCH3 is 1. The van der Waals surface area contributed by atoms with E-state index in [4.69, 9.17) is 30.8 Å². The van der Waals surface area contributed by atoms with Crippen molar-refractivity contribution in [3.05, 3.63) is 106 Å². The van der Waals surface area contributed by atoms with Crippen LogP contribution in [-0.4, -0.2) is 37.8 Å². The average molecular weight is 544 g/mol. The molecule has 0 N–H and O–H groups in total. The third kappa shape index (κ3) is 5.91. The van der Waals surface area contributed by atoms with Gasteiger partial charge in [-0.2, -0.15) is 0 Å². The molecule has 0 bridgehead atoms. The van der Waals surface area contributed by atoms with E-state index in [9.17, 15) is 9.59 Å². The van der Waals surface area contributed by atoms with Gasteiger partial charge in [0, 0.05) is 34.3 Å². The first-order valence-electron chi connectivity index (χ1n) is 13.0. The van der Waals surface area contributed by atoms with Gasteiger partial charge in [0.25, 0.3) is 0 Å². The standard InChI is InChI=1S/C32H30ClNO5/c1-20-29(32(36)39-16-15-38-25-8-4-3-5-9-25)30(22-7-6-10-26(17-22)37-2)31-27(34-20)18-23(19-28(31)35)21-11-13-24(33)14-12-21/h3-14,17,23,29-30H,15-16,18-19H2,1-2H3/t23-,29?,30+/m0/s1. The van der Waals surface area contributed by atoms with Crippen LogP contribution in [0.5, 0.6) is 11.5 Å². The van der Waals surface area contributed by atoms with E-state index in [1.54, 1.807) is 7.11 Å². The summed E-state index contributed by atoms with van der Waals surface area (Å²) >= 11 is 6.08. The maximum absolute atomic E-state index is 13.8. The largest absolute Gasteiger partial charge is 0.497 e. The molecule has 3 aromatic rings. The minimum Gasteiger partial charge on any atom is -0.497 e. The number of ether oxygens (including phenoxy) is 3. The van der Waals surface area contributed by atoms with Crippen molar-refractivity contribution in [2.75, 3.05) is 20.3 Å². The van der Waals surface area contributed by atoms with Crippen molar-refractivity contribution >= 4 is 29.1 Å². The third-order valence-corrected chi connectivity index (χ3v) is 7.53. The van der Waals surface area contributed by atoms with Crippen LogP contribution in [0.1, 0.15) is 42.7 Å². The molecule has 1 aliphatic carbocycles. The molecule has 1 aliphatic heterocycles. The topological polar surface area (TPSA) is 74.2 Å². The normalized spacial score (nSPS) is 20.6. The van der Waals surface area contributed by atoms with Crippen LogP contribution in [0.25, 0.3) is 0 Å². The first kappa shape index (κ1) is 26.7. The maximum Gasteiger partial charge on any atom is 0.315 e.